The zero-order valence-electron chi connectivity index (χ0n) is 14.0. The molecular formula is C18H16F2N2O4. The van der Waals surface area contributed by atoms with Gasteiger partial charge in [-0.1, -0.05) is 12.1 Å². The molecule has 0 saturated heterocycles. The smallest absolute Gasteiger partial charge is 0.387 e. The Morgan fingerprint density at radius 1 is 1.12 bits per heavy atom. The van der Waals surface area contributed by atoms with Gasteiger partial charge in [0, 0.05) is 6.07 Å². The summed E-state index contributed by atoms with van der Waals surface area (Å²) in [6.45, 7) is -1.52. The summed E-state index contributed by atoms with van der Waals surface area (Å²) < 4.78 is 39.9. The summed E-state index contributed by atoms with van der Waals surface area (Å²) in [6, 6.07) is 12.3. The van der Waals surface area contributed by atoms with Crippen LogP contribution in [0, 0.1) is 11.3 Å². The van der Waals surface area contributed by atoms with E-state index in [1.165, 1.54) is 50.4 Å². The fraction of sp³-hybridized carbons (Fsp3) is 0.222. The van der Waals surface area contributed by atoms with Crippen LogP contribution in [0.1, 0.15) is 12.5 Å². The van der Waals surface area contributed by atoms with Crippen molar-refractivity contribution in [2.24, 2.45) is 0 Å². The maximum Gasteiger partial charge on any atom is 0.387 e. The number of nitrogens with zero attached hydrogens (tertiary/aromatic N) is 1. The van der Waals surface area contributed by atoms with Crippen molar-refractivity contribution in [1.82, 2.24) is 0 Å². The largest absolute Gasteiger partial charge is 0.493 e. The lowest BCUT2D eigenvalue weighted by Gasteiger charge is -2.18. The van der Waals surface area contributed by atoms with E-state index < -0.39 is 18.6 Å². The molecule has 0 unspecified atom stereocenters. The second-order valence-corrected chi connectivity index (χ2v) is 5.10. The number of nitriles is 1. The lowest BCUT2D eigenvalue weighted by Crippen LogP contribution is -2.30. The highest BCUT2D eigenvalue weighted by atomic mass is 19.3. The van der Waals surface area contributed by atoms with Crippen LogP contribution in [0.5, 0.6) is 17.2 Å². The average molecular weight is 362 g/mol. The number of benzene rings is 2. The molecule has 1 atom stereocenters. The van der Waals surface area contributed by atoms with Crippen molar-refractivity contribution in [1.29, 1.82) is 5.26 Å². The lowest BCUT2D eigenvalue weighted by molar-refractivity contribution is -0.122. The molecule has 1 amide bonds. The van der Waals surface area contributed by atoms with Crippen LogP contribution in [0.3, 0.4) is 0 Å². The molecule has 0 aliphatic carbocycles. The number of methoxy groups -OCH3 is 1. The number of ether oxygens (including phenoxy) is 3. The Morgan fingerprint density at radius 2 is 1.85 bits per heavy atom. The predicted molar refractivity (Wildman–Crippen MR) is 89.5 cm³/mol. The number of rotatable bonds is 7. The number of anilines is 1. The number of hydrogen-bond acceptors (Lipinski definition) is 5. The molecule has 0 heterocycles. The van der Waals surface area contributed by atoms with Crippen LogP contribution in [0.25, 0.3) is 0 Å². The van der Waals surface area contributed by atoms with E-state index in [2.05, 4.69) is 10.1 Å². The van der Waals surface area contributed by atoms with Gasteiger partial charge in [-0.3, -0.25) is 4.79 Å². The molecule has 0 fully saturated rings. The molecule has 136 valence electrons. The van der Waals surface area contributed by atoms with Gasteiger partial charge in [0.15, 0.2) is 17.6 Å². The Morgan fingerprint density at radius 3 is 2.50 bits per heavy atom. The van der Waals surface area contributed by atoms with E-state index in [0.717, 1.165) is 0 Å². The predicted octanol–water partition coefficient (Wildman–Crippen LogP) is 3.57. The van der Waals surface area contributed by atoms with Crippen LogP contribution in [0.2, 0.25) is 0 Å². The van der Waals surface area contributed by atoms with Gasteiger partial charge in [0.1, 0.15) is 5.75 Å². The highest BCUT2D eigenvalue weighted by molar-refractivity contribution is 5.95. The quantitative estimate of drug-likeness (QED) is 0.814. The highest BCUT2D eigenvalue weighted by Crippen LogP contribution is 2.29. The van der Waals surface area contributed by atoms with Crippen LogP contribution in [0.4, 0.5) is 14.5 Å². The fourth-order valence-electron chi connectivity index (χ4n) is 2.08. The molecule has 0 aliphatic heterocycles. The van der Waals surface area contributed by atoms with Crippen molar-refractivity contribution in [3.8, 4) is 23.3 Å². The van der Waals surface area contributed by atoms with E-state index in [1.807, 2.05) is 6.07 Å². The van der Waals surface area contributed by atoms with Crippen LogP contribution in [-0.2, 0) is 4.79 Å². The van der Waals surface area contributed by atoms with Gasteiger partial charge in [0.2, 0.25) is 0 Å². The average Bonchev–Trinajstić information content (AvgIpc) is 2.63. The Labute approximate surface area is 148 Å². The van der Waals surface area contributed by atoms with Crippen LogP contribution >= 0.6 is 0 Å². The number of carbonyl (C=O) groups excluding carboxylic acids is 1. The van der Waals surface area contributed by atoms with Gasteiger partial charge in [0.25, 0.3) is 5.91 Å². The number of amides is 1. The first-order valence-electron chi connectivity index (χ1n) is 7.54. The first-order valence-corrected chi connectivity index (χ1v) is 7.54. The summed E-state index contributed by atoms with van der Waals surface area (Å²) >= 11 is 0. The number of para-hydroxylation sites is 2. The molecule has 0 radical (unpaired) electrons. The summed E-state index contributed by atoms with van der Waals surface area (Å²) in [5, 5.41) is 11.4. The molecule has 6 nitrogen and oxygen atoms in total. The number of hydrogen-bond donors (Lipinski definition) is 1. The fourth-order valence-corrected chi connectivity index (χ4v) is 2.08. The van der Waals surface area contributed by atoms with Crippen molar-refractivity contribution in [2.75, 3.05) is 12.4 Å². The minimum atomic E-state index is -3.01. The highest BCUT2D eigenvalue weighted by Gasteiger charge is 2.19. The molecule has 0 aliphatic rings. The number of carbonyl (C=O) groups is 1. The topological polar surface area (TPSA) is 80.6 Å². The molecule has 26 heavy (non-hydrogen) atoms. The third kappa shape index (κ3) is 4.83. The summed E-state index contributed by atoms with van der Waals surface area (Å²) in [5.41, 5.74) is 0.476. The maximum atomic E-state index is 12.4. The standard InChI is InChI=1S/C18H16F2N2O4/c1-11(25-15-8-7-12(10-21)9-16(15)24-2)17(23)22-13-5-3-4-6-14(13)26-18(19)20/h3-9,11,18H,1-2H3,(H,22,23)/t11-/m0/s1. The van der Waals surface area contributed by atoms with Crippen molar-refractivity contribution < 1.29 is 27.8 Å². The van der Waals surface area contributed by atoms with E-state index in [9.17, 15) is 13.6 Å². The van der Waals surface area contributed by atoms with Crippen molar-refractivity contribution in [3.05, 3.63) is 48.0 Å². The van der Waals surface area contributed by atoms with Gasteiger partial charge in [-0.05, 0) is 31.2 Å². The third-order valence-corrected chi connectivity index (χ3v) is 3.33. The SMILES string of the molecule is COc1cc(C#N)ccc1O[C@@H](C)C(=O)Nc1ccccc1OC(F)F. The second-order valence-electron chi connectivity index (χ2n) is 5.10. The number of nitrogens with one attached hydrogen (secondary N) is 1. The van der Waals surface area contributed by atoms with Gasteiger partial charge < -0.3 is 19.5 Å². The van der Waals surface area contributed by atoms with Gasteiger partial charge >= 0.3 is 6.61 Å². The molecule has 0 bridgehead atoms. The van der Waals surface area contributed by atoms with E-state index in [-0.39, 0.29) is 17.2 Å². The number of halogens is 2. The molecule has 2 aromatic carbocycles. The molecule has 0 saturated carbocycles. The van der Waals surface area contributed by atoms with Crippen molar-refractivity contribution in [3.63, 3.8) is 0 Å². The minimum absolute atomic E-state index is 0.0973. The van der Waals surface area contributed by atoms with E-state index in [0.29, 0.717) is 11.3 Å². The Balaban J connectivity index is 2.11. The van der Waals surface area contributed by atoms with Gasteiger partial charge in [-0.15, -0.1) is 0 Å². The Bertz CT molecular complexity index is 821. The van der Waals surface area contributed by atoms with Gasteiger partial charge in [-0.2, -0.15) is 14.0 Å². The first-order chi connectivity index (χ1) is 12.4. The summed E-state index contributed by atoms with van der Waals surface area (Å²) in [4.78, 5) is 12.3. The van der Waals surface area contributed by atoms with Crippen LogP contribution in [0.15, 0.2) is 42.5 Å². The summed E-state index contributed by atoms with van der Waals surface area (Å²) in [7, 11) is 1.41. The van der Waals surface area contributed by atoms with Crippen LogP contribution in [-0.4, -0.2) is 25.7 Å². The van der Waals surface area contributed by atoms with E-state index in [4.69, 9.17) is 14.7 Å². The van der Waals surface area contributed by atoms with Gasteiger partial charge in [-0.25, -0.2) is 0 Å². The Hall–Kier alpha value is -3.34. The lowest BCUT2D eigenvalue weighted by atomic mass is 10.2. The van der Waals surface area contributed by atoms with Crippen molar-refractivity contribution >= 4 is 11.6 Å². The molecule has 2 aromatic rings. The van der Waals surface area contributed by atoms with E-state index in [1.54, 1.807) is 6.07 Å². The molecule has 1 N–H and O–H groups in total. The summed E-state index contributed by atoms with van der Waals surface area (Å²) in [5.74, 6) is -0.155. The molecule has 2 rings (SSSR count). The number of alkyl halides is 2. The summed E-state index contributed by atoms with van der Waals surface area (Å²) in [6.07, 6.45) is -0.962. The maximum absolute atomic E-state index is 12.4. The molecule has 8 heteroatoms. The van der Waals surface area contributed by atoms with E-state index >= 15 is 0 Å². The zero-order valence-corrected chi connectivity index (χ0v) is 14.0. The van der Waals surface area contributed by atoms with Gasteiger partial charge in [0.05, 0.1) is 24.4 Å². The van der Waals surface area contributed by atoms with Crippen molar-refractivity contribution in [2.45, 2.75) is 19.6 Å². The normalized spacial score (nSPS) is 11.4. The molecule has 0 aromatic heterocycles. The Kier molecular flexibility index (Phi) is 6.33. The molecule has 0 spiro atoms. The zero-order chi connectivity index (χ0) is 19.1. The van der Waals surface area contributed by atoms with Crippen LogP contribution < -0.4 is 19.5 Å². The monoisotopic (exact) mass is 362 g/mol. The third-order valence-electron chi connectivity index (χ3n) is 3.33. The minimum Gasteiger partial charge on any atom is -0.493 e. The first kappa shape index (κ1) is 19.0. The second kappa shape index (κ2) is 8.67. The molecular weight excluding hydrogens is 346 g/mol.